The summed E-state index contributed by atoms with van der Waals surface area (Å²) in [6, 6.07) is 0.814. The van der Waals surface area contributed by atoms with Crippen LogP contribution in [0.4, 0.5) is 0 Å². The third-order valence-corrected chi connectivity index (χ3v) is 3.39. The van der Waals surface area contributed by atoms with Crippen molar-refractivity contribution in [3.63, 3.8) is 0 Å². The predicted molar refractivity (Wildman–Crippen MR) is 68.8 cm³/mol. The van der Waals surface area contributed by atoms with E-state index in [0.29, 0.717) is 0 Å². The molecule has 3 nitrogen and oxygen atoms in total. The van der Waals surface area contributed by atoms with Crippen molar-refractivity contribution in [2.24, 2.45) is 5.92 Å². The van der Waals surface area contributed by atoms with Gasteiger partial charge in [-0.1, -0.05) is 13.8 Å². The summed E-state index contributed by atoms with van der Waals surface area (Å²) in [4.78, 5) is 2.64. The number of hydrogen-bond donors (Lipinski definition) is 1. The van der Waals surface area contributed by atoms with E-state index in [2.05, 4.69) is 24.1 Å². The van der Waals surface area contributed by atoms with Gasteiger partial charge in [0.2, 0.25) is 0 Å². The van der Waals surface area contributed by atoms with Crippen LogP contribution in [0.25, 0.3) is 0 Å². The van der Waals surface area contributed by atoms with Gasteiger partial charge in [0.05, 0.1) is 6.61 Å². The number of hydrogen-bond acceptors (Lipinski definition) is 3. The zero-order valence-corrected chi connectivity index (χ0v) is 11.2. The Hall–Kier alpha value is -0.120. The number of nitrogens with zero attached hydrogens (tertiary/aromatic N) is 1. The van der Waals surface area contributed by atoms with Gasteiger partial charge < -0.3 is 10.1 Å². The van der Waals surface area contributed by atoms with Gasteiger partial charge in [0.25, 0.3) is 0 Å². The molecule has 16 heavy (non-hydrogen) atoms. The van der Waals surface area contributed by atoms with Crippen LogP contribution in [0.5, 0.6) is 0 Å². The van der Waals surface area contributed by atoms with Crippen molar-refractivity contribution in [3.05, 3.63) is 0 Å². The minimum absolute atomic E-state index is 0.797. The average molecular weight is 228 g/mol. The molecule has 1 atom stereocenters. The van der Waals surface area contributed by atoms with E-state index in [1.807, 2.05) is 6.92 Å². The van der Waals surface area contributed by atoms with E-state index in [1.54, 1.807) is 0 Å². The van der Waals surface area contributed by atoms with Gasteiger partial charge in [-0.25, -0.2) is 0 Å². The molecular formula is C13H28N2O. The maximum atomic E-state index is 5.29. The summed E-state index contributed by atoms with van der Waals surface area (Å²) in [5.74, 6) is 0.797. The van der Waals surface area contributed by atoms with Gasteiger partial charge in [-0.3, -0.25) is 4.90 Å². The Morgan fingerprint density at radius 3 is 2.88 bits per heavy atom. The highest BCUT2D eigenvalue weighted by Gasteiger charge is 2.25. The first-order valence-electron chi connectivity index (χ1n) is 6.78. The lowest BCUT2D eigenvalue weighted by molar-refractivity contribution is 0.147. The highest BCUT2D eigenvalue weighted by atomic mass is 16.5. The SMILES string of the molecule is CCOCCNCCN1CCCC1C(C)C. The van der Waals surface area contributed by atoms with Crippen molar-refractivity contribution in [3.8, 4) is 0 Å². The highest BCUT2D eigenvalue weighted by molar-refractivity contribution is 4.81. The number of nitrogens with one attached hydrogen (secondary N) is 1. The largest absolute Gasteiger partial charge is 0.380 e. The summed E-state index contributed by atoms with van der Waals surface area (Å²) in [5.41, 5.74) is 0. The lowest BCUT2D eigenvalue weighted by Gasteiger charge is -2.27. The van der Waals surface area contributed by atoms with Gasteiger partial charge in [-0.15, -0.1) is 0 Å². The Morgan fingerprint density at radius 2 is 2.19 bits per heavy atom. The summed E-state index contributed by atoms with van der Waals surface area (Å²) in [6.45, 7) is 12.9. The molecule has 0 spiro atoms. The second kappa shape index (κ2) is 8.04. The smallest absolute Gasteiger partial charge is 0.0590 e. The Morgan fingerprint density at radius 1 is 1.38 bits per heavy atom. The van der Waals surface area contributed by atoms with E-state index in [9.17, 15) is 0 Å². The first kappa shape index (κ1) is 13.9. The van der Waals surface area contributed by atoms with E-state index >= 15 is 0 Å². The van der Waals surface area contributed by atoms with Gasteiger partial charge >= 0.3 is 0 Å². The normalized spacial score (nSPS) is 22.1. The topological polar surface area (TPSA) is 24.5 Å². The number of ether oxygens (including phenoxy) is 1. The molecule has 1 aliphatic rings. The van der Waals surface area contributed by atoms with Crippen LogP contribution >= 0.6 is 0 Å². The lowest BCUT2D eigenvalue weighted by atomic mass is 10.0. The zero-order valence-electron chi connectivity index (χ0n) is 11.2. The van der Waals surface area contributed by atoms with Crippen LogP contribution < -0.4 is 5.32 Å². The van der Waals surface area contributed by atoms with Gasteiger partial charge in [0.15, 0.2) is 0 Å². The van der Waals surface area contributed by atoms with E-state index in [0.717, 1.165) is 38.3 Å². The fourth-order valence-electron chi connectivity index (χ4n) is 2.52. The molecule has 1 fully saturated rings. The third kappa shape index (κ3) is 4.81. The zero-order chi connectivity index (χ0) is 11.8. The minimum Gasteiger partial charge on any atom is -0.380 e. The molecule has 1 unspecified atom stereocenters. The van der Waals surface area contributed by atoms with E-state index in [1.165, 1.54) is 25.9 Å². The van der Waals surface area contributed by atoms with Gasteiger partial charge in [-0.05, 0) is 32.2 Å². The molecular weight excluding hydrogens is 200 g/mol. The molecule has 1 saturated heterocycles. The quantitative estimate of drug-likeness (QED) is 0.640. The maximum absolute atomic E-state index is 5.29. The molecule has 1 rings (SSSR count). The average Bonchev–Trinajstić information content (AvgIpc) is 2.71. The molecule has 0 saturated carbocycles. The third-order valence-electron chi connectivity index (χ3n) is 3.39. The maximum Gasteiger partial charge on any atom is 0.0590 e. The Bertz CT molecular complexity index is 173. The summed E-state index contributed by atoms with van der Waals surface area (Å²) in [6.07, 6.45) is 2.76. The standard InChI is InChI=1S/C13H28N2O/c1-4-16-11-8-14-7-10-15-9-5-6-13(15)12(2)3/h12-14H,4-11H2,1-3H3. The van der Waals surface area contributed by atoms with Gasteiger partial charge in [0, 0.05) is 32.3 Å². The van der Waals surface area contributed by atoms with Crippen molar-refractivity contribution < 1.29 is 4.74 Å². The lowest BCUT2D eigenvalue weighted by Crippen LogP contribution is -2.38. The Balaban J connectivity index is 2.03. The van der Waals surface area contributed by atoms with Crippen molar-refractivity contribution in [1.82, 2.24) is 10.2 Å². The van der Waals surface area contributed by atoms with Crippen molar-refractivity contribution in [1.29, 1.82) is 0 Å². The van der Waals surface area contributed by atoms with Crippen molar-refractivity contribution >= 4 is 0 Å². The molecule has 3 heteroatoms. The Kier molecular flexibility index (Phi) is 7.01. The molecule has 1 heterocycles. The van der Waals surface area contributed by atoms with Gasteiger partial charge in [0.1, 0.15) is 0 Å². The molecule has 96 valence electrons. The van der Waals surface area contributed by atoms with Crippen LogP contribution in [0, 0.1) is 5.92 Å². The molecule has 0 bridgehead atoms. The molecule has 0 amide bonds. The fraction of sp³-hybridized carbons (Fsp3) is 1.00. The first-order chi connectivity index (χ1) is 7.75. The summed E-state index contributed by atoms with van der Waals surface area (Å²) in [5, 5.41) is 3.44. The molecule has 0 aromatic heterocycles. The molecule has 1 N–H and O–H groups in total. The monoisotopic (exact) mass is 228 g/mol. The highest BCUT2D eigenvalue weighted by Crippen LogP contribution is 2.22. The second-order valence-electron chi connectivity index (χ2n) is 4.94. The molecule has 1 aliphatic heterocycles. The van der Waals surface area contributed by atoms with E-state index < -0.39 is 0 Å². The predicted octanol–water partition coefficient (Wildman–Crippen LogP) is 1.73. The summed E-state index contributed by atoms with van der Waals surface area (Å²) in [7, 11) is 0. The van der Waals surface area contributed by atoms with Crippen molar-refractivity contribution in [2.75, 3.05) is 39.4 Å². The van der Waals surface area contributed by atoms with E-state index in [-0.39, 0.29) is 0 Å². The summed E-state index contributed by atoms with van der Waals surface area (Å²) >= 11 is 0. The van der Waals surface area contributed by atoms with Crippen LogP contribution in [0.1, 0.15) is 33.6 Å². The molecule has 0 aromatic rings. The summed E-state index contributed by atoms with van der Waals surface area (Å²) < 4.78 is 5.29. The van der Waals surface area contributed by atoms with Crippen LogP contribution in [-0.2, 0) is 4.74 Å². The minimum atomic E-state index is 0.797. The number of rotatable bonds is 8. The molecule has 0 aromatic carbocycles. The Labute approximate surface area is 101 Å². The van der Waals surface area contributed by atoms with Gasteiger partial charge in [-0.2, -0.15) is 0 Å². The van der Waals surface area contributed by atoms with Crippen LogP contribution in [0.2, 0.25) is 0 Å². The fourth-order valence-corrected chi connectivity index (χ4v) is 2.52. The first-order valence-corrected chi connectivity index (χ1v) is 6.78. The number of likely N-dealkylation sites (tertiary alicyclic amines) is 1. The van der Waals surface area contributed by atoms with Crippen molar-refractivity contribution in [2.45, 2.75) is 39.7 Å². The molecule has 0 radical (unpaired) electrons. The van der Waals surface area contributed by atoms with E-state index in [4.69, 9.17) is 4.74 Å². The van der Waals surface area contributed by atoms with Crippen LogP contribution in [0.15, 0.2) is 0 Å². The molecule has 0 aliphatic carbocycles. The van der Waals surface area contributed by atoms with Crippen LogP contribution in [-0.4, -0.2) is 50.3 Å². The second-order valence-corrected chi connectivity index (χ2v) is 4.94. The van der Waals surface area contributed by atoms with Crippen LogP contribution in [0.3, 0.4) is 0 Å².